The SMILES string of the molecule is Cc1cc2c3c(cc4c([Si](C)(C)C)cc5c6c(cc1c3c46)B1c3ccccc3-c3cc(Br)cc-5c31)B1c3ccccc3-c3cc(Br)cc-2c31. The van der Waals surface area contributed by atoms with E-state index in [0.717, 1.165) is 8.95 Å². The summed E-state index contributed by atoms with van der Waals surface area (Å²) in [7, 11) is -1.81. The number of halogens is 2. The van der Waals surface area contributed by atoms with E-state index in [4.69, 9.17) is 0 Å². The van der Waals surface area contributed by atoms with Crippen LogP contribution in [0, 0.1) is 6.92 Å². The molecule has 0 unspecified atom stereocenters. The quantitative estimate of drug-likeness (QED) is 0.118. The van der Waals surface area contributed by atoms with Crippen LogP contribution in [0.5, 0.6) is 0 Å². The van der Waals surface area contributed by atoms with Gasteiger partial charge in [0.15, 0.2) is 0 Å². The Hall–Kier alpha value is -3.89. The van der Waals surface area contributed by atoms with Gasteiger partial charge in [-0.2, -0.15) is 0 Å². The first-order valence-electron chi connectivity index (χ1n) is 17.4. The maximum absolute atomic E-state index is 3.97. The van der Waals surface area contributed by atoms with E-state index < -0.39 is 8.07 Å². The van der Waals surface area contributed by atoms with Gasteiger partial charge in [0.1, 0.15) is 0 Å². The lowest BCUT2D eigenvalue weighted by atomic mass is 9.34. The van der Waals surface area contributed by atoms with Crippen LogP contribution in [-0.4, -0.2) is 21.5 Å². The van der Waals surface area contributed by atoms with Crippen LogP contribution in [0.15, 0.2) is 106 Å². The van der Waals surface area contributed by atoms with Crippen LogP contribution in [0.1, 0.15) is 5.56 Å². The molecule has 0 bridgehead atoms. The first-order valence-corrected chi connectivity index (χ1v) is 22.5. The van der Waals surface area contributed by atoms with E-state index in [-0.39, 0.29) is 13.4 Å². The highest BCUT2D eigenvalue weighted by molar-refractivity contribution is 9.10. The Balaban J connectivity index is 1.34. The summed E-state index contributed by atoms with van der Waals surface area (Å²) in [6.07, 6.45) is 0. The van der Waals surface area contributed by atoms with Crippen LogP contribution in [0.2, 0.25) is 19.6 Å². The predicted octanol–water partition coefficient (Wildman–Crippen LogP) is 7.92. The summed E-state index contributed by atoms with van der Waals surface area (Å²) in [5.41, 5.74) is 21.3. The minimum absolute atomic E-state index is 0.235. The Labute approximate surface area is 304 Å². The van der Waals surface area contributed by atoms with E-state index in [1.807, 2.05) is 0 Å². The molecule has 0 spiro atoms. The van der Waals surface area contributed by atoms with Crippen molar-refractivity contribution >= 4 is 124 Å². The predicted molar refractivity (Wildman–Crippen MR) is 224 cm³/mol. The molecule has 4 aliphatic rings. The fourth-order valence-electron chi connectivity index (χ4n) is 10.6. The third-order valence-corrected chi connectivity index (χ3v) is 15.3. The van der Waals surface area contributed by atoms with Crippen molar-refractivity contribution in [1.29, 1.82) is 0 Å². The van der Waals surface area contributed by atoms with Gasteiger partial charge in [0.05, 0.1) is 8.07 Å². The van der Waals surface area contributed by atoms with E-state index in [0.29, 0.717) is 0 Å². The average Bonchev–Trinajstić information content (AvgIpc) is 3.59. The fraction of sp³-hybridized carbons (Fsp3) is 0.0909. The maximum atomic E-state index is 3.97. The number of benzene rings is 8. The Kier molecular flexibility index (Phi) is 5.05. The van der Waals surface area contributed by atoms with Crippen molar-refractivity contribution < 1.29 is 0 Å². The molecule has 5 heteroatoms. The van der Waals surface area contributed by atoms with Crippen LogP contribution >= 0.6 is 31.9 Å². The molecule has 12 rings (SSSR count). The van der Waals surface area contributed by atoms with E-state index in [9.17, 15) is 0 Å². The summed E-state index contributed by atoms with van der Waals surface area (Å²) < 4.78 is 2.31. The van der Waals surface area contributed by atoms with Gasteiger partial charge in [-0.15, -0.1) is 0 Å². The Morgan fingerprint density at radius 3 is 1.43 bits per heavy atom. The molecule has 228 valence electrons. The summed E-state index contributed by atoms with van der Waals surface area (Å²) in [6.45, 7) is 10.4. The molecule has 4 heterocycles. The molecular formula is C44H28B2Br2Si. The third-order valence-electron chi connectivity index (χ3n) is 12.4. The van der Waals surface area contributed by atoms with Gasteiger partial charge in [0.25, 0.3) is 0 Å². The zero-order valence-corrected chi connectivity index (χ0v) is 31.8. The lowest BCUT2D eigenvalue weighted by Gasteiger charge is -2.34. The minimum Gasteiger partial charge on any atom is -0.0664 e. The molecule has 8 aromatic carbocycles. The summed E-state index contributed by atoms with van der Waals surface area (Å²) in [4.78, 5) is 0. The molecule has 0 N–H and O–H groups in total. The molecule has 0 aliphatic carbocycles. The van der Waals surface area contributed by atoms with Gasteiger partial charge in [-0.1, -0.05) is 162 Å². The molecule has 0 nitrogen and oxygen atoms in total. The second kappa shape index (κ2) is 8.87. The Bertz CT molecular complexity index is 2910. The number of fused-ring (bicyclic) bond motifs is 10. The zero-order chi connectivity index (χ0) is 32.8. The average molecular weight is 766 g/mol. The molecule has 8 aromatic rings. The van der Waals surface area contributed by atoms with Crippen LogP contribution in [0.4, 0.5) is 0 Å². The molecule has 4 aliphatic heterocycles. The van der Waals surface area contributed by atoms with Crippen molar-refractivity contribution in [3.8, 4) is 44.5 Å². The van der Waals surface area contributed by atoms with Gasteiger partial charge in [0.2, 0.25) is 13.4 Å². The lowest BCUT2D eigenvalue weighted by molar-refractivity contribution is 1.54. The molecular weight excluding hydrogens is 738 g/mol. The van der Waals surface area contributed by atoms with Gasteiger partial charge in [-0.25, -0.2) is 0 Å². The topological polar surface area (TPSA) is 0 Å². The van der Waals surface area contributed by atoms with Crippen LogP contribution in [-0.2, 0) is 0 Å². The minimum atomic E-state index is -1.81. The molecule has 0 aromatic heterocycles. The molecule has 0 saturated carbocycles. The Morgan fingerprint density at radius 2 is 0.898 bits per heavy atom. The zero-order valence-electron chi connectivity index (χ0n) is 27.6. The molecule has 0 fully saturated rings. The van der Waals surface area contributed by atoms with E-state index in [2.05, 4.69) is 155 Å². The van der Waals surface area contributed by atoms with Gasteiger partial charge in [-0.05, 0) is 114 Å². The van der Waals surface area contributed by atoms with Crippen LogP contribution in [0.3, 0.4) is 0 Å². The summed E-state index contributed by atoms with van der Waals surface area (Å²) in [6, 6.07) is 38.3. The van der Waals surface area contributed by atoms with Crippen molar-refractivity contribution in [3.05, 3.63) is 112 Å². The summed E-state index contributed by atoms with van der Waals surface area (Å²) in [5, 5.41) is 10.4. The molecule has 0 amide bonds. The second-order valence-electron chi connectivity index (χ2n) is 15.9. The summed E-state index contributed by atoms with van der Waals surface area (Å²) in [5.74, 6) is 0. The number of hydrogen-bond acceptors (Lipinski definition) is 0. The smallest absolute Gasteiger partial charge is 0.0664 e. The Morgan fingerprint density at radius 1 is 0.449 bits per heavy atom. The fourth-order valence-corrected chi connectivity index (χ4v) is 13.1. The van der Waals surface area contributed by atoms with Gasteiger partial charge in [-0.3, -0.25) is 0 Å². The van der Waals surface area contributed by atoms with Crippen LogP contribution < -0.4 is 38.0 Å². The van der Waals surface area contributed by atoms with Gasteiger partial charge >= 0.3 is 0 Å². The van der Waals surface area contributed by atoms with E-state index >= 15 is 0 Å². The van der Waals surface area contributed by atoms with E-state index in [1.54, 1.807) is 5.19 Å². The van der Waals surface area contributed by atoms with Gasteiger partial charge < -0.3 is 0 Å². The normalized spacial score (nSPS) is 14.2. The number of rotatable bonds is 1. The van der Waals surface area contributed by atoms with Crippen LogP contribution in [0.25, 0.3) is 76.8 Å². The van der Waals surface area contributed by atoms with Crippen molar-refractivity contribution in [2.24, 2.45) is 0 Å². The van der Waals surface area contributed by atoms with Crippen molar-refractivity contribution in [2.75, 3.05) is 0 Å². The molecule has 0 atom stereocenters. The monoisotopic (exact) mass is 764 g/mol. The molecule has 49 heavy (non-hydrogen) atoms. The largest absolute Gasteiger partial charge is 0.244 e. The highest BCUT2D eigenvalue weighted by atomic mass is 79.9. The van der Waals surface area contributed by atoms with Gasteiger partial charge in [0, 0.05) is 8.95 Å². The lowest BCUT2D eigenvalue weighted by Crippen LogP contribution is -2.53. The number of hydrogen-bond donors (Lipinski definition) is 0. The first kappa shape index (κ1) is 27.9. The molecule has 0 radical (unpaired) electrons. The second-order valence-corrected chi connectivity index (χ2v) is 22.7. The third kappa shape index (κ3) is 3.21. The number of aryl methyl sites for hydroxylation is 1. The summed E-state index contributed by atoms with van der Waals surface area (Å²) >= 11 is 7.92. The standard InChI is InChI=1S/C44H28B2Br2Si/c1-21-13-27-31-16-22(47)14-29-24-9-6-8-12-35(24)46(43(29)31)37-19-33-38(49(2,3)4)20-28-32-17-23(48)15-30-25-10-5-7-11-34(25)45(44(30)32)36-18-26(21)41(39(27)37)42(33)40(28)36/h5-20H,1-4H3. The van der Waals surface area contributed by atoms with E-state index in [1.165, 1.54) is 115 Å². The molecule has 0 saturated heterocycles. The van der Waals surface area contributed by atoms with Crippen molar-refractivity contribution in [1.82, 2.24) is 0 Å². The highest BCUT2D eigenvalue weighted by Crippen LogP contribution is 2.48. The highest BCUT2D eigenvalue weighted by Gasteiger charge is 2.44. The van der Waals surface area contributed by atoms with Crippen molar-refractivity contribution in [2.45, 2.75) is 26.6 Å². The maximum Gasteiger partial charge on any atom is 0.244 e. The first-order chi connectivity index (χ1) is 23.7. The van der Waals surface area contributed by atoms with Crippen molar-refractivity contribution in [3.63, 3.8) is 0 Å².